The van der Waals surface area contributed by atoms with E-state index in [9.17, 15) is 0 Å². The van der Waals surface area contributed by atoms with Crippen LogP contribution in [0.1, 0.15) is 0 Å². The molecular formula is C16H35N3O3S. The summed E-state index contributed by atoms with van der Waals surface area (Å²) in [5.74, 6) is 0.867. The van der Waals surface area contributed by atoms with Gasteiger partial charge in [0.25, 0.3) is 0 Å². The topological polar surface area (TPSA) is 37.4 Å². The van der Waals surface area contributed by atoms with Crippen molar-refractivity contribution in [2.45, 2.75) is 0 Å². The maximum Gasteiger partial charge on any atom is 0.0594 e. The second-order valence-electron chi connectivity index (χ2n) is 6.01. The van der Waals surface area contributed by atoms with E-state index in [1.54, 1.807) is 0 Å². The first-order chi connectivity index (χ1) is 11.2. The average molecular weight is 350 g/mol. The number of hydrogen-bond donors (Lipinski definition) is 1. The lowest BCUT2D eigenvalue weighted by molar-refractivity contribution is 0.0471. The summed E-state index contributed by atoms with van der Waals surface area (Å²) in [7, 11) is 4.23. The van der Waals surface area contributed by atoms with E-state index in [0.717, 1.165) is 91.2 Å². The van der Waals surface area contributed by atoms with Crippen LogP contribution in [0.25, 0.3) is 0 Å². The summed E-state index contributed by atoms with van der Waals surface area (Å²) < 4.78 is 17.2. The zero-order valence-electron chi connectivity index (χ0n) is 14.9. The van der Waals surface area contributed by atoms with E-state index in [1.165, 1.54) is 0 Å². The molecule has 0 bridgehead atoms. The quantitative estimate of drug-likeness (QED) is 0.715. The van der Waals surface area contributed by atoms with Gasteiger partial charge in [0, 0.05) is 51.6 Å². The van der Waals surface area contributed by atoms with Crippen LogP contribution in [-0.4, -0.2) is 120 Å². The van der Waals surface area contributed by atoms with Crippen molar-refractivity contribution in [1.29, 1.82) is 0 Å². The van der Waals surface area contributed by atoms with Gasteiger partial charge in [-0.15, -0.1) is 0 Å². The van der Waals surface area contributed by atoms with Crippen LogP contribution >= 0.6 is 12.6 Å². The van der Waals surface area contributed by atoms with Crippen LogP contribution in [0.4, 0.5) is 0 Å². The molecule has 138 valence electrons. The van der Waals surface area contributed by atoms with Crippen LogP contribution in [0, 0.1) is 0 Å². The van der Waals surface area contributed by atoms with Gasteiger partial charge in [0.05, 0.1) is 39.6 Å². The molecule has 0 aromatic heterocycles. The highest BCUT2D eigenvalue weighted by Crippen LogP contribution is 1.94. The SMILES string of the molecule is CN1CCOCCN(C)CCOCCN(CCS)CCOCC1. The lowest BCUT2D eigenvalue weighted by Gasteiger charge is -2.23. The van der Waals surface area contributed by atoms with Gasteiger partial charge in [-0.25, -0.2) is 0 Å². The van der Waals surface area contributed by atoms with Gasteiger partial charge in [-0.05, 0) is 14.1 Å². The van der Waals surface area contributed by atoms with Crippen LogP contribution in [0.15, 0.2) is 0 Å². The first kappa shape index (κ1) is 21.2. The summed E-state index contributed by atoms with van der Waals surface area (Å²) in [6.07, 6.45) is 0. The fourth-order valence-corrected chi connectivity index (χ4v) is 2.56. The highest BCUT2D eigenvalue weighted by atomic mass is 32.1. The minimum Gasteiger partial charge on any atom is -0.379 e. The summed E-state index contributed by atoms with van der Waals surface area (Å²) in [4.78, 5) is 6.87. The summed E-state index contributed by atoms with van der Waals surface area (Å²) in [6, 6.07) is 0. The van der Waals surface area contributed by atoms with E-state index < -0.39 is 0 Å². The van der Waals surface area contributed by atoms with Crippen molar-refractivity contribution in [2.75, 3.05) is 105 Å². The number of likely N-dealkylation sites (N-methyl/N-ethyl adjacent to an activating group) is 2. The molecule has 0 atom stereocenters. The molecule has 1 saturated heterocycles. The van der Waals surface area contributed by atoms with Crippen LogP contribution in [0.2, 0.25) is 0 Å². The first-order valence-electron chi connectivity index (χ1n) is 8.66. The number of hydrogen-bond acceptors (Lipinski definition) is 7. The largest absolute Gasteiger partial charge is 0.379 e. The Morgan fingerprint density at radius 3 is 1.35 bits per heavy atom. The molecular weight excluding hydrogens is 314 g/mol. The van der Waals surface area contributed by atoms with Gasteiger partial charge in [-0.2, -0.15) is 12.6 Å². The molecule has 1 heterocycles. The predicted octanol–water partition coefficient (Wildman–Crippen LogP) is 0.145. The molecule has 0 radical (unpaired) electrons. The van der Waals surface area contributed by atoms with Crippen molar-refractivity contribution in [3.63, 3.8) is 0 Å². The minimum absolute atomic E-state index is 0.765. The zero-order chi connectivity index (χ0) is 16.8. The van der Waals surface area contributed by atoms with Crippen molar-refractivity contribution in [2.24, 2.45) is 0 Å². The Kier molecular flexibility index (Phi) is 13.3. The highest BCUT2D eigenvalue weighted by molar-refractivity contribution is 7.80. The fraction of sp³-hybridized carbons (Fsp3) is 1.00. The highest BCUT2D eigenvalue weighted by Gasteiger charge is 2.06. The minimum atomic E-state index is 0.765. The van der Waals surface area contributed by atoms with Gasteiger partial charge in [0.15, 0.2) is 0 Å². The lowest BCUT2D eigenvalue weighted by Crippen LogP contribution is -2.35. The number of ether oxygens (including phenoxy) is 3. The number of thiol groups is 1. The third kappa shape index (κ3) is 12.2. The number of nitrogens with zero attached hydrogens (tertiary/aromatic N) is 3. The van der Waals surface area contributed by atoms with Crippen LogP contribution < -0.4 is 0 Å². The lowest BCUT2D eigenvalue weighted by atomic mass is 10.4. The van der Waals surface area contributed by atoms with E-state index >= 15 is 0 Å². The third-order valence-corrected chi connectivity index (χ3v) is 4.19. The van der Waals surface area contributed by atoms with Crippen molar-refractivity contribution in [3.8, 4) is 0 Å². The molecule has 6 nitrogen and oxygen atoms in total. The van der Waals surface area contributed by atoms with Gasteiger partial charge in [-0.1, -0.05) is 0 Å². The van der Waals surface area contributed by atoms with Crippen molar-refractivity contribution in [3.05, 3.63) is 0 Å². The Hall–Kier alpha value is 0.110. The zero-order valence-corrected chi connectivity index (χ0v) is 15.8. The Labute approximate surface area is 147 Å². The second kappa shape index (κ2) is 14.5. The molecule has 0 amide bonds. The van der Waals surface area contributed by atoms with E-state index in [2.05, 4.69) is 41.4 Å². The Balaban J connectivity index is 2.32. The van der Waals surface area contributed by atoms with Gasteiger partial charge in [0.1, 0.15) is 0 Å². The van der Waals surface area contributed by atoms with Gasteiger partial charge < -0.3 is 24.0 Å². The predicted molar refractivity (Wildman–Crippen MR) is 97.7 cm³/mol. The Morgan fingerprint density at radius 2 is 1.00 bits per heavy atom. The van der Waals surface area contributed by atoms with Gasteiger partial charge in [-0.3, -0.25) is 4.90 Å². The molecule has 23 heavy (non-hydrogen) atoms. The van der Waals surface area contributed by atoms with Crippen molar-refractivity contribution < 1.29 is 14.2 Å². The molecule has 1 fully saturated rings. The standard InChI is InChI=1S/C16H35N3O3S/c1-17-3-10-20-11-4-18(2)6-13-22-15-8-19(9-16-23)7-14-21-12-5-17/h23H,3-16H2,1-2H3. The Morgan fingerprint density at radius 1 is 0.652 bits per heavy atom. The van der Waals surface area contributed by atoms with E-state index in [0.29, 0.717) is 0 Å². The van der Waals surface area contributed by atoms with E-state index in [1.807, 2.05) is 0 Å². The molecule has 0 aromatic carbocycles. The van der Waals surface area contributed by atoms with Gasteiger partial charge >= 0.3 is 0 Å². The second-order valence-corrected chi connectivity index (χ2v) is 6.46. The fourth-order valence-electron chi connectivity index (χ4n) is 2.28. The van der Waals surface area contributed by atoms with Crippen molar-refractivity contribution in [1.82, 2.24) is 14.7 Å². The summed E-state index contributed by atoms with van der Waals surface area (Å²) in [5.41, 5.74) is 0. The number of rotatable bonds is 2. The molecule has 1 aliphatic heterocycles. The van der Waals surface area contributed by atoms with Gasteiger partial charge in [0.2, 0.25) is 0 Å². The summed E-state index contributed by atoms with van der Waals surface area (Å²) in [6.45, 7) is 11.3. The summed E-state index contributed by atoms with van der Waals surface area (Å²) >= 11 is 4.33. The molecule has 0 aliphatic carbocycles. The van der Waals surface area contributed by atoms with Crippen LogP contribution in [0.5, 0.6) is 0 Å². The Bertz CT molecular complexity index is 253. The molecule has 7 heteroatoms. The first-order valence-corrected chi connectivity index (χ1v) is 9.29. The molecule has 0 unspecified atom stereocenters. The average Bonchev–Trinajstić information content (AvgIpc) is 2.53. The third-order valence-electron chi connectivity index (χ3n) is 3.99. The van der Waals surface area contributed by atoms with E-state index in [-0.39, 0.29) is 0 Å². The maximum absolute atomic E-state index is 5.74. The van der Waals surface area contributed by atoms with Crippen molar-refractivity contribution >= 4 is 12.6 Å². The summed E-state index contributed by atoms with van der Waals surface area (Å²) in [5, 5.41) is 0. The molecule has 0 saturated carbocycles. The maximum atomic E-state index is 5.74. The molecule has 0 aromatic rings. The normalized spacial score (nSPS) is 24.1. The monoisotopic (exact) mass is 349 g/mol. The molecule has 1 aliphatic rings. The van der Waals surface area contributed by atoms with E-state index in [4.69, 9.17) is 14.2 Å². The molecule has 1 rings (SSSR count). The van der Waals surface area contributed by atoms with Crippen LogP contribution in [-0.2, 0) is 14.2 Å². The smallest absolute Gasteiger partial charge is 0.0594 e. The molecule has 0 N–H and O–H groups in total. The van der Waals surface area contributed by atoms with Crippen LogP contribution in [0.3, 0.4) is 0 Å². The molecule has 0 spiro atoms.